The van der Waals surface area contributed by atoms with Gasteiger partial charge in [0.25, 0.3) is 5.91 Å². The van der Waals surface area contributed by atoms with Gasteiger partial charge in [-0.3, -0.25) is 9.69 Å². The molecule has 1 aromatic rings. The molecule has 1 aromatic carbocycles. The molecule has 1 saturated heterocycles. The van der Waals surface area contributed by atoms with Crippen LogP contribution in [0.2, 0.25) is 0 Å². The van der Waals surface area contributed by atoms with Gasteiger partial charge >= 0.3 is 0 Å². The standard InChI is InChI=1S/C18H29N3O2/c1-4-20-10-12-21(13-11-20)18(2,3)15-19-17(22)14-23-16-8-6-5-7-9-16/h5-9H,4,10-15H2,1-3H3,(H,19,22). The molecule has 1 heterocycles. The van der Waals surface area contributed by atoms with Crippen LogP contribution in [0.3, 0.4) is 0 Å². The lowest BCUT2D eigenvalue weighted by molar-refractivity contribution is -0.123. The maximum absolute atomic E-state index is 12.0. The molecule has 1 aliphatic heterocycles. The molecule has 0 atom stereocenters. The zero-order valence-electron chi connectivity index (χ0n) is 14.5. The zero-order valence-corrected chi connectivity index (χ0v) is 14.5. The summed E-state index contributed by atoms with van der Waals surface area (Å²) in [4.78, 5) is 16.9. The highest BCUT2D eigenvalue weighted by molar-refractivity contribution is 5.77. The van der Waals surface area contributed by atoms with Crippen LogP contribution in [0.5, 0.6) is 5.75 Å². The fourth-order valence-corrected chi connectivity index (χ4v) is 2.81. The molecule has 0 spiro atoms. The van der Waals surface area contributed by atoms with Crippen LogP contribution in [0.15, 0.2) is 30.3 Å². The van der Waals surface area contributed by atoms with E-state index < -0.39 is 0 Å². The number of nitrogens with one attached hydrogen (secondary N) is 1. The summed E-state index contributed by atoms with van der Waals surface area (Å²) in [5, 5.41) is 3.00. The number of ether oxygens (including phenoxy) is 1. The van der Waals surface area contributed by atoms with Crippen LogP contribution in [0.25, 0.3) is 0 Å². The van der Waals surface area contributed by atoms with Crippen molar-refractivity contribution in [1.29, 1.82) is 0 Å². The Morgan fingerprint density at radius 1 is 1.17 bits per heavy atom. The predicted molar refractivity (Wildman–Crippen MR) is 92.7 cm³/mol. The van der Waals surface area contributed by atoms with E-state index in [2.05, 4.69) is 35.9 Å². The number of benzene rings is 1. The van der Waals surface area contributed by atoms with Crippen molar-refractivity contribution >= 4 is 5.91 Å². The van der Waals surface area contributed by atoms with Crippen LogP contribution < -0.4 is 10.1 Å². The van der Waals surface area contributed by atoms with Crippen LogP contribution in [0.1, 0.15) is 20.8 Å². The van der Waals surface area contributed by atoms with Gasteiger partial charge in [-0.15, -0.1) is 0 Å². The number of carbonyl (C=O) groups is 1. The molecule has 0 aromatic heterocycles. The van der Waals surface area contributed by atoms with Crippen molar-refractivity contribution in [1.82, 2.24) is 15.1 Å². The number of carbonyl (C=O) groups excluding carboxylic acids is 1. The minimum Gasteiger partial charge on any atom is -0.484 e. The third-order valence-corrected chi connectivity index (χ3v) is 4.51. The normalized spacial score (nSPS) is 17.0. The molecule has 1 amide bonds. The first kappa shape index (κ1) is 17.8. The van der Waals surface area contributed by atoms with E-state index in [0.29, 0.717) is 6.54 Å². The van der Waals surface area contributed by atoms with E-state index in [1.54, 1.807) is 0 Å². The number of nitrogens with zero attached hydrogens (tertiary/aromatic N) is 2. The second-order valence-corrected chi connectivity index (χ2v) is 6.61. The van der Waals surface area contributed by atoms with Crippen LogP contribution in [0.4, 0.5) is 0 Å². The number of para-hydroxylation sites is 1. The molecule has 2 rings (SSSR count). The van der Waals surface area contributed by atoms with Crippen molar-refractivity contribution in [2.45, 2.75) is 26.3 Å². The highest BCUT2D eigenvalue weighted by Crippen LogP contribution is 2.16. The molecule has 5 heteroatoms. The third-order valence-electron chi connectivity index (χ3n) is 4.51. The Morgan fingerprint density at radius 2 is 1.83 bits per heavy atom. The molecular formula is C18H29N3O2. The van der Waals surface area contributed by atoms with E-state index in [-0.39, 0.29) is 18.1 Å². The number of piperazine rings is 1. The van der Waals surface area contributed by atoms with Crippen LogP contribution in [-0.2, 0) is 4.79 Å². The Kier molecular flexibility index (Phi) is 6.42. The molecule has 1 fully saturated rings. The van der Waals surface area contributed by atoms with Crippen molar-refractivity contribution in [3.05, 3.63) is 30.3 Å². The van der Waals surface area contributed by atoms with E-state index in [4.69, 9.17) is 4.74 Å². The number of amides is 1. The maximum atomic E-state index is 12.0. The van der Waals surface area contributed by atoms with E-state index in [1.165, 1.54) is 0 Å². The Labute approximate surface area is 139 Å². The number of hydrogen-bond donors (Lipinski definition) is 1. The van der Waals surface area contributed by atoms with Gasteiger partial charge in [-0.2, -0.15) is 0 Å². The zero-order chi connectivity index (χ0) is 16.7. The molecule has 0 saturated carbocycles. The van der Waals surface area contributed by atoms with Gasteiger partial charge < -0.3 is 15.0 Å². The summed E-state index contributed by atoms with van der Waals surface area (Å²) in [6.45, 7) is 12.7. The average Bonchev–Trinajstić information content (AvgIpc) is 2.59. The molecule has 0 radical (unpaired) electrons. The molecule has 128 valence electrons. The topological polar surface area (TPSA) is 44.8 Å². The van der Waals surface area contributed by atoms with Crippen LogP contribution in [-0.4, -0.2) is 67.1 Å². The fourth-order valence-electron chi connectivity index (χ4n) is 2.81. The number of hydrogen-bond acceptors (Lipinski definition) is 4. The minimum atomic E-state index is -0.0749. The summed E-state index contributed by atoms with van der Waals surface area (Å²) in [7, 11) is 0. The lowest BCUT2D eigenvalue weighted by Gasteiger charge is -2.44. The molecule has 1 N–H and O–H groups in total. The predicted octanol–water partition coefficient (Wildman–Crippen LogP) is 1.60. The van der Waals surface area contributed by atoms with Crippen molar-refractivity contribution in [2.24, 2.45) is 0 Å². The summed E-state index contributed by atoms with van der Waals surface area (Å²) < 4.78 is 5.47. The van der Waals surface area contributed by atoms with Gasteiger partial charge in [-0.05, 0) is 32.5 Å². The van der Waals surface area contributed by atoms with Gasteiger partial charge in [0, 0.05) is 38.3 Å². The number of likely N-dealkylation sites (N-methyl/N-ethyl adjacent to an activating group) is 1. The fraction of sp³-hybridized carbons (Fsp3) is 0.611. The van der Waals surface area contributed by atoms with Gasteiger partial charge in [0.05, 0.1) is 0 Å². The Bertz CT molecular complexity index is 482. The SMILES string of the molecule is CCN1CCN(C(C)(C)CNC(=O)COc2ccccc2)CC1. The van der Waals surface area contributed by atoms with Crippen LogP contribution >= 0.6 is 0 Å². The van der Waals surface area contributed by atoms with E-state index in [0.717, 1.165) is 38.5 Å². The third kappa shape index (κ3) is 5.52. The molecule has 1 aliphatic rings. The monoisotopic (exact) mass is 319 g/mol. The van der Waals surface area contributed by atoms with Gasteiger partial charge in [0.1, 0.15) is 5.75 Å². The van der Waals surface area contributed by atoms with E-state index in [9.17, 15) is 4.79 Å². The molecule has 0 unspecified atom stereocenters. The Balaban J connectivity index is 1.72. The number of rotatable bonds is 7. The second-order valence-electron chi connectivity index (χ2n) is 6.61. The molecular weight excluding hydrogens is 290 g/mol. The van der Waals surface area contributed by atoms with Gasteiger partial charge in [0.15, 0.2) is 6.61 Å². The summed E-state index contributed by atoms with van der Waals surface area (Å²) >= 11 is 0. The van der Waals surface area contributed by atoms with Crippen LogP contribution in [0, 0.1) is 0 Å². The average molecular weight is 319 g/mol. The smallest absolute Gasteiger partial charge is 0.258 e. The minimum absolute atomic E-state index is 0.0394. The van der Waals surface area contributed by atoms with E-state index in [1.807, 2.05) is 30.3 Å². The molecule has 0 aliphatic carbocycles. The molecule has 23 heavy (non-hydrogen) atoms. The van der Waals surface area contributed by atoms with E-state index >= 15 is 0 Å². The van der Waals surface area contributed by atoms with Crippen molar-refractivity contribution in [2.75, 3.05) is 45.9 Å². The Hall–Kier alpha value is -1.59. The summed E-state index contributed by atoms with van der Waals surface area (Å²) in [5.74, 6) is 0.645. The highest BCUT2D eigenvalue weighted by Gasteiger charge is 2.29. The van der Waals surface area contributed by atoms with Crippen molar-refractivity contribution < 1.29 is 9.53 Å². The first-order valence-corrected chi connectivity index (χ1v) is 8.43. The second kappa shape index (κ2) is 8.31. The summed E-state index contributed by atoms with van der Waals surface area (Å²) in [6.07, 6.45) is 0. The van der Waals surface area contributed by atoms with Crippen molar-refractivity contribution in [3.8, 4) is 5.75 Å². The Morgan fingerprint density at radius 3 is 2.43 bits per heavy atom. The molecule has 0 bridgehead atoms. The first-order valence-electron chi connectivity index (χ1n) is 8.43. The quantitative estimate of drug-likeness (QED) is 0.829. The lowest BCUT2D eigenvalue weighted by atomic mass is 10.0. The first-order chi connectivity index (χ1) is 11.0. The maximum Gasteiger partial charge on any atom is 0.258 e. The largest absolute Gasteiger partial charge is 0.484 e. The highest BCUT2D eigenvalue weighted by atomic mass is 16.5. The summed E-state index contributed by atoms with van der Waals surface area (Å²) in [6, 6.07) is 9.42. The van der Waals surface area contributed by atoms with Gasteiger partial charge in [-0.25, -0.2) is 0 Å². The van der Waals surface area contributed by atoms with Crippen molar-refractivity contribution in [3.63, 3.8) is 0 Å². The van der Waals surface area contributed by atoms with Gasteiger partial charge in [0.2, 0.25) is 0 Å². The molecule has 5 nitrogen and oxygen atoms in total. The van der Waals surface area contributed by atoms with Gasteiger partial charge in [-0.1, -0.05) is 25.1 Å². The summed E-state index contributed by atoms with van der Waals surface area (Å²) in [5.41, 5.74) is -0.0394. The lowest BCUT2D eigenvalue weighted by Crippen LogP contribution is -2.58.